The van der Waals surface area contributed by atoms with Gasteiger partial charge in [-0.15, -0.1) is 0 Å². The van der Waals surface area contributed by atoms with E-state index in [-0.39, 0.29) is 12.2 Å². The Labute approximate surface area is 177 Å². The van der Waals surface area contributed by atoms with E-state index in [9.17, 15) is 0 Å². The summed E-state index contributed by atoms with van der Waals surface area (Å²) in [7, 11) is 0. The lowest BCUT2D eigenvalue weighted by Crippen LogP contribution is -2.31. The quantitative estimate of drug-likeness (QED) is 0.367. The maximum Gasteiger partial charge on any atom is 0.106 e. The van der Waals surface area contributed by atoms with Crippen LogP contribution in [0.5, 0.6) is 0 Å². The molecular formula is C27H38O2. The molecule has 2 aromatic carbocycles. The van der Waals surface area contributed by atoms with Gasteiger partial charge in [0.15, 0.2) is 0 Å². The molecule has 2 heteroatoms. The average molecular weight is 395 g/mol. The van der Waals surface area contributed by atoms with Gasteiger partial charge in [0.05, 0.1) is 19.3 Å². The summed E-state index contributed by atoms with van der Waals surface area (Å²) in [6, 6.07) is 17.9. The predicted molar refractivity (Wildman–Crippen MR) is 122 cm³/mol. The highest BCUT2D eigenvalue weighted by Gasteiger charge is 2.23. The van der Waals surface area contributed by atoms with Gasteiger partial charge in [-0.25, -0.2) is 0 Å². The molecule has 0 spiro atoms. The van der Waals surface area contributed by atoms with Crippen molar-refractivity contribution in [3.8, 4) is 11.1 Å². The first-order valence-corrected chi connectivity index (χ1v) is 11.7. The molecule has 1 saturated heterocycles. The molecular weight excluding hydrogens is 356 g/mol. The molecule has 0 aliphatic carbocycles. The zero-order valence-electron chi connectivity index (χ0n) is 18.4. The van der Waals surface area contributed by atoms with Crippen LogP contribution >= 0.6 is 0 Å². The van der Waals surface area contributed by atoms with E-state index in [0.717, 1.165) is 6.42 Å². The molecule has 2 nitrogen and oxygen atoms in total. The Hall–Kier alpha value is -1.64. The first-order chi connectivity index (χ1) is 14.3. The lowest BCUT2D eigenvalue weighted by molar-refractivity contribution is -0.137. The average Bonchev–Trinajstić information content (AvgIpc) is 2.78. The number of hydrogen-bond acceptors (Lipinski definition) is 2. The van der Waals surface area contributed by atoms with Crippen LogP contribution in [0.15, 0.2) is 48.5 Å². The molecule has 158 valence electrons. The zero-order valence-corrected chi connectivity index (χ0v) is 18.4. The van der Waals surface area contributed by atoms with Crippen LogP contribution < -0.4 is 0 Å². The summed E-state index contributed by atoms with van der Waals surface area (Å²) in [5.41, 5.74) is 5.21. The molecule has 1 fully saturated rings. The van der Waals surface area contributed by atoms with Crippen LogP contribution in [-0.4, -0.2) is 19.3 Å². The van der Waals surface area contributed by atoms with Gasteiger partial charge in [0.1, 0.15) is 6.10 Å². The molecule has 1 aliphatic rings. The number of unbranched alkanes of at least 4 members (excludes halogenated alkanes) is 5. The van der Waals surface area contributed by atoms with Crippen molar-refractivity contribution in [1.29, 1.82) is 0 Å². The van der Waals surface area contributed by atoms with Crippen LogP contribution in [0, 0.1) is 0 Å². The van der Waals surface area contributed by atoms with Crippen LogP contribution in [0.2, 0.25) is 0 Å². The van der Waals surface area contributed by atoms with E-state index in [1.807, 2.05) is 0 Å². The molecule has 0 N–H and O–H groups in total. The Bertz CT molecular complexity index is 681. The second kappa shape index (κ2) is 12.1. The molecule has 0 amide bonds. The van der Waals surface area contributed by atoms with E-state index < -0.39 is 0 Å². The van der Waals surface area contributed by atoms with Gasteiger partial charge < -0.3 is 9.47 Å². The largest absolute Gasteiger partial charge is 0.373 e. The van der Waals surface area contributed by atoms with Crippen molar-refractivity contribution in [1.82, 2.24) is 0 Å². The molecule has 1 heterocycles. The standard InChI is InChI=1S/C27H38O2/c1-3-5-7-8-9-10-22-12-14-23(15-13-22)24-16-18-25(19-17-24)27-21-28-26(20-29-27)11-6-4-2/h12-19,26-27H,3-11,20-21H2,1-2H3/t26-,27-/m0/s1. The molecule has 0 radical (unpaired) electrons. The Balaban J connectivity index is 1.48. The predicted octanol–water partition coefficient (Wildman–Crippen LogP) is 7.51. The third-order valence-electron chi connectivity index (χ3n) is 5.98. The van der Waals surface area contributed by atoms with E-state index in [2.05, 4.69) is 62.4 Å². The molecule has 0 aromatic heterocycles. The van der Waals surface area contributed by atoms with Gasteiger partial charge in [0.25, 0.3) is 0 Å². The Morgan fingerprint density at radius 3 is 1.97 bits per heavy atom. The van der Waals surface area contributed by atoms with Gasteiger partial charge in [-0.2, -0.15) is 0 Å². The number of rotatable bonds is 11. The minimum atomic E-state index is 0.0667. The summed E-state index contributed by atoms with van der Waals surface area (Å²) in [6.45, 7) is 5.87. The summed E-state index contributed by atoms with van der Waals surface area (Å²) in [6.07, 6.45) is 11.8. The van der Waals surface area contributed by atoms with Crippen molar-refractivity contribution >= 4 is 0 Å². The van der Waals surface area contributed by atoms with E-state index >= 15 is 0 Å². The Kier molecular flexibility index (Phi) is 9.24. The van der Waals surface area contributed by atoms with Gasteiger partial charge in [0.2, 0.25) is 0 Å². The molecule has 0 saturated carbocycles. The van der Waals surface area contributed by atoms with Crippen LogP contribution in [0.4, 0.5) is 0 Å². The lowest BCUT2D eigenvalue weighted by Gasteiger charge is -2.30. The van der Waals surface area contributed by atoms with E-state index in [4.69, 9.17) is 9.47 Å². The molecule has 2 aromatic rings. The van der Waals surface area contributed by atoms with Crippen molar-refractivity contribution in [2.75, 3.05) is 13.2 Å². The van der Waals surface area contributed by atoms with Crippen molar-refractivity contribution in [2.45, 2.75) is 83.8 Å². The van der Waals surface area contributed by atoms with Gasteiger partial charge in [-0.3, -0.25) is 0 Å². The summed E-state index contributed by atoms with van der Waals surface area (Å²) >= 11 is 0. The van der Waals surface area contributed by atoms with Crippen molar-refractivity contribution in [2.24, 2.45) is 0 Å². The molecule has 3 rings (SSSR count). The number of aryl methyl sites for hydroxylation is 1. The normalized spacial score (nSPS) is 19.4. The Morgan fingerprint density at radius 2 is 1.34 bits per heavy atom. The summed E-state index contributed by atoms with van der Waals surface area (Å²) in [5.74, 6) is 0. The minimum absolute atomic E-state index is 0.0667. The smallest absolute Gasteiger partial charge is 0.106 e. The fourth-order valence-corrected chi connectivity index (χ4v) is 4.02. The topological polar surface area (TPSA) is 18.5 Å². The highest BCUT2D eigenvalue weighted by Crippen LogP contribution is 2.27. The van der Waals surface area contributed by atoms with Crippen molar-refractivity contribution in [3.63, 3.8) is 0 Å². The minimum Gasteiger partial charge on any atom is -0.373 e. The first kappa shape index (κ1) is 22.1. The highest BCUT2D eigenvalue weighted by atomic mass is 16.6. The van der Waals surface area contributed by atoms with Gasteiger partial charge in [0, 0.05) is 0 Å². The van der Waals surface area contributed by atoms with E-state index in [1.54, 1.807) is 0 Å². The number of benzene rings is 2. The van der Waals surface area contributed by atoms with E-state index in [0.29, 0.717) is 13.2 Å². The fraction of sp³-hybridized carbons (Fsp3) is 0.556. The second-order valence-electron chi connectivity index (χ2n) is 8.40. The molecule has 1 aliphatic heterocycles. The third-order valence-corrected chi connectivity index (χ3v) is 5.98. The monoisotopic (exact) mass is 394 g/mol. The van der Waals surface area contributed by atoms with Crippen LogP contribution in [0.25, 0.3) is 11.1 Å². The zero-order chi connectivity index (χ0) is 20.3. The highest BCUT2D eigenvalue weighted by molar-refractivity contribution is 5.64. The first-order valence-electron chi connectivity index (χ1n) is 11.7. The number of ether oxygens (including phenoxy) is 2. The summed E-state index contributed by atoms with van der Waals surface area (Å²) in [5, 5.41) is 0. The molecule has 0 unspecified atom stereocenters. The van der Waals surface area contributed by atoms with E-state index in [1.165, 1.54) is 73.6 Å². The van der Waals surface area contributed by atoms with Crippen molar-refractivity contribution in [3.05, 3.63) is 59.7 Å². The molecule has 2 atom stereocenters. The van der Waals surface area contributed by atoms with Crippen LogP contribution in [0.3, 0.4) is 0 Å². The Morgan fingerprint density at radius 1 is 0.690 bits per heavy atom. The van der Waals surface area contributed by atoms with Crippen LogP contribution in [0.1, 0.15) is 82.4 Å². The number of hydrogen-bond donors (Lipinski definition) is 0. The SMILES string of the molecule is CCCCCCCc1ccc(-c2ccc([C@@H]3CO[C@@H](CCCC)CO3)cc2)cc1. The van der Waals surface area contributed by atoms with Gasteiger partial charge in [-0.1, -0.05) is 101 Å². The third kappa shape index (κ3) is 6.97. The summed E-state index contributed by atoms with van der Waals surface area (Å²) in [4.78, 5) is 0. The fourth-order valence-electron chi connectivity index (χ4n) is 4.02. The van der Waals surface area contributed by atoms with Crippen LogP contribution in [-0.2, 0) is 15.9 Å². The summed E-state index contributed by atoms with van der Waals surface area (Å²) < 4.78 is 12.1. The lowest BCUT2D eigenvalue weighted by atomic mass is 9.99. The van der Waals surface area contributed by atoms with Gasteiger partial charge in [-0.05, 0) is 41.5 Å². The maximum absolute atomic E-state index is 6.07. The van der Waals surface area contributed by atoms with Crippen molar-refractivity contribution < 1.29 is 9.47 Å². The molecule has 0 bridgehead atoms. The maximum atomic E-state index is 6.07. The molecule has 29 heavy (non-hydrogen) atoms. The second-order valence-corrected chi connectivity index (χ2v) is 8.40. The van der Waals surface area contributed by atoms with Gasteiger partial charge >= 0.3 is 0 Å².